The van der Waals surface area contributed by atoms with Crippen LogP contribution < -0.4 is 5.32 Å². The Kier molecular flexibility index (Phi) is 57.8. The van der Waals surface area contributed by atoms with Crippen molar-refractivity contribution < 1.29 is 89.4 Å². The maximum atomic E-state index is 13.5. The number of nitrogens with one attached hydrogen (secondary N) is 1. The average molecular weight is 1440 g/mol. The maximum Gasteiger partial charge on any atom is 0.220 e. The van der Waals surface area contributed by atoms with Crippen LogP contribution >= 0.6 is 0 Å². The fraction of sp³-hybridized carbons (Fsp3) is 0.890. The molecule has 3 fully saturated rings. The average Bonchev–Trinajstić information content (AvgIpc) is 0.782. The molecular formula is C82H151NO18. The zero-order valence-corrected chi connectivity index (χ0v) is 63.4. The van der Waals surface area contributed by atoms with Crippen molar-refractivity contribution in [2.75, 3.05) is 26.4 Å². The Bertz CT molecular complexity index is 2010. The molecule has 0 spiro atoms. The van der Waals surface area contributed by atoms with E-state index in [-0.39, 0.29) is 18.9 Å². The van der Waals surface area contributed by atoms with Gasteiger partial charge in [-0.1, -0.05) is 306 Å². The summed E-state index contributed by atoms with van der Waals surface area (Å²) in [4.78, 5) is 13.5. The molecule has 3 heterocycles. The highest BCUT2D eigenvalue weighted by Gasteiger charge is 2.54. The molecule has 3 aliphatic heterocycles. The van der Waals surface area contributed by atoms with Gasteiger partial charge in [0.05, 0.1) is 38.6 Å². The van der Waals surface area contributed by atoms with Gasteiger partial charge in [0.15, 0.2) is 18.9 Å². The standard InChI is InChI=1S/C82H151NO18/c1-3-5-7-9-11-13-15-17-19-21-22-23-24-25-26-27-28-29-30-31-32-33-34-35-36-37-38-39-40-41-42-44-46-48-50-52-54-56-58-60-70(88)83-65(66(87)59-57-55-53-51-49-47-45-43-20-18-16-14-12-10-8-6-4-2)64-96-80-76(94)73(91)78(68(62-85)98-80)101-82-77(95)74(92)79(69(63-86)99-82)100-81-75(93)72(90)71(89)67(61-84)97-81/h20-22,43,49,51,57,59,65-69,71-82,84-87,89-95H,3-19,23-42,44-48,50,52-56,58,60-64H2,1-2H3,(H,83,88)/b22-21-,43-20+,51-49+,59-57+. The van der Waals surface area contributed by atoms with E-state index in [1.54, 1.807) is 6.08 Å². The fourth-order valence-electron chi connectivity index (χ4n) is 13.9. The first-order chi connectivity index (χ1) is 49.3. The van der Waals surface area contributed by atoms with Crippen molar-refractivity contribution in [3.63, 3.8) is 0 Å². The van der Waals surface area contributed by atoms with Crippen LogP contribution in [0.4, 0.5) is 0 Å². The number of aliphatic hydroxyl groups excluding tert-OH is 11. The summed E-state index contributed by atoms with van der Waals surface area (Å²) in [5.74, 6) is -0.284. The third-order valence-electron chi connectivity index (χ3n) is 20.6. The minimum absolute atomic E-state index is 0.235. The smallest absolute Gasteiger partial charge is 0.220 e. The lowest BCUT2D eigenvalue weighted by Gasteiger charge is -2.48. The Morgan fingerprint density at radius 3 is 0.990 bits per heavy atom. The second-order valence-electron chi connectivity index (χ2n) is 29.6. The quantitative estimate of drug-likeness (QED) is 0.0199. The zero-order chi connectivity index (χ0) is 73.2. The van der Waals surface area contributed by atoms with Crippen molar-refractivity contribution >= 4 is 5.91 Å². The van der Waals surface area contributed by atoms with Crippen LogP contribution in [-0.4, -0.2) is 193 Å². The molecule has 1 amide bonds. The Balaban J connectivity index is 1.30. The second kappa shape index (κ2) is 62.8. The summed E-state index contributed by atoms with van der Waals surface area (Å²) in [6, 6.07) is -0.996. The van der Waals surface area contributed by atoms with E-state index in [1.165, 1.54) is 257 Å². The Labute approximate surface area is 612 Å². The number of hydrogen-bond donors (Lipinski definition) is 12. The number of rotatable bonds is 66. The summed E-state index contributed by atoms with van der Waals surface area (Å²) in [7, 11) is 0. The van der Waals surface area contributed by atoms with E-state index in [1.807, 2.05) is 6.08 Å². The molecule has 0 aromatic heterocycles. The minimum Gasteiger partial charge on any atom is -0.394 e. The molecule has 19 nitrogen and oxygen atoms in total. The zero-order valence-electron chi connectivity index (χ0n) is 63.4. The lowest BCUT2D eigenvalue weighted by Crippen LogP contribution is -2.66. The molecule has 101 heavy (non-hydrogen) atoms. The molecule has 12 N–H and O–H groups in total. The van der Waals surface area contributed by atoms with Crippen LogP contribution in [0.1, 0.15) is 335 Å². The van der Waals surface area contributed by atoms with Gasteiger partial charge in [-0.3, -0.25) is 4.79 Å². The van der Waals surface area contributed by atoms with Gasteiger partial charge in [-0.2, -0.15) is 0 Å². The van der Waals surface area contributed by atoms with Crippen molar-refractivity contribution in [2.45, 2.75) is 439 Å². The van der Waals surface area contributed by atoms with Crippen LogP contribution in [0.3, 0.4) is 0 Å². The van der Waals surface area contributed by atoms with Crippen LogP contribution in [-0.2, 0) is 33.2 Å². The van der Waals surface area contributed by atoms with Gasteiger partial charge < -0.3 is 89.9 Å². The van der Waals surface area contributed by atoms with Crippen LogP contribution in [0.25, 0.3) is 0 Å². The summed E-state index contributed by atoms with van der Waals surface area (Å²) >= 11 is 0. The maximum absolute atomic E-state index is 13.5. The summed E-state index contributed by atoms with van der Waals surface area (Å²) in [6.07, 6.45) is 52.8. The van der Waals surface area contributed by atoms with Crippen LogP contribution in [0, 0.1) is 0 Å². The Morgan fingerprint density at radius 1 is 0.347 bits per heavy atom. The van der Waals surface area contributed by atoms with Gasteiger partial charge in [-0.15, -0.1) is 0 Å². The van der Waals surface area contributed by atoms with Gasteiger partial charge in [0.25, 0.3) is 0 Å². The third kappa shape index (κ3) is 42.8. The summed E-state index contributed by atoms with van der Waals surface area (Å²) in [6.45, 7) is 1.73. The van der Waals surface area contributed by atoms with Gasteiger partial charge >= 0.3 is 0 Å². The highest BCUT2D eigenvalue weighted by atomic mass is 16.8. The van der Waals surface area contributed by atoms with E-state index in [2.05, 4.69) is 55.6 Å². The monoisotopic (exact) mass is 1440 g/mol. The molecular weight excluding hydrogens is 1290 g/mol. The second-order valence-corrected chi connectivity index (χ2v) is 29.6. The van der Waals surface area contributed by atoms with E-state index < -0.39 is 124 Å². The highest BCUT2D eigenvalue weighted by molar-refractivity contribution is 5.76. The number of allylic oxidation sites excluding steroid dienone is 7. The van der Waals surface area contributed by atoms with Gasteiger partial charge in [0, 0.05) is 6.42 Å². The van der Waals surface area contributed by atoms with Crippen molar-refractivity contribution in [1.82, 2.24) is 5.32 Å². The lowest BCUT2D eigenvalue weighted by atomic mass is 9.96. The predicted octanol–water partition coefficient (Wildman–Crippen LogP) is 14.1. The summed E-state index contributed by atoms with van der Waals surface area (Å²) in [5.41, 5.74) is 0. The number of hydrogen-bond acceptors (Lipinski definition) is 18. The predicted molar refractivity (Wildman–Crippen MR) is 402 cm³/mol. The largest absolute Gasteiger partial charge is 0.394 e. The molecule has 0 saturated carbocycles. The van der Waals surface area contributed by atoms with Crippen molar-refractivity contribution in [1.29, 1.82) is 0 Å². The number of amides is 1. The van der Waals surface area contributed by atoms with Crippen LogP contribution in [0.2, 0.25) is 0 Å². The molecule has 0 aromatic carbocycles. The molecule has 19 heteroatoms. The lowest BCUT2D eigenvalue weighted by molar-refractivity contribution is -0.379. The van der Waals surface area contributed by atoms with Gasteiger partial charge in [-0.25, -0.2) is 0 Å². The molecule has 0 radical (unpaired) electrons. The molecule has 592 valence electrons. The van der Waals surface area contributed by atoms with Crippen molar-refractivity contribution in [3.8, 4) is 0 Å². The third-order valence-corrected chi connectivity index (χ3v) is 20.6. The van der Waals surface area contributed by atoms with E-state index in [9.17, 15) is 61.0 Å². The SMILES string of the molecule is CCCCCCCCC/C=C/CC/C=C/CC/C=C/C(O)C(COC1OC(CO)C(OC2OC(CO)C(OC3OC(CO)C(O)C(O)C3O)C(O)C2O)C(O)C1O)NC(=O)CCCCCCCCCCCCCCCCCCCCCCCCCCCCC/C=C\CCCCCCCCCC. The molecule has 3 saturated heterocycles. The number of aliphatic hydroxyl groups is 11. The number of carbonyl (C=O) groups excluding carboxylic acids is 1. The minimum atomic E-state index is -1.98. The van der Waals surface area contributed by atoms with Crippen molar-refractivity contribution in [2.24, 2.45) is 0 Å². The topological polar surface area (TPSA) is 307 Å². The van der Waals surface area contributed by atoms with Crippen LogP contribution in [0.15, 0.2) is 48.6 Å². The Hall–Kier alpha value is -2.25. The fourth-order valence-corrected chi connectivity index (χ4v) is 13.9. The van der Waals surface area contributed by atoms with E-state index in [0.717, 1.165) is 44.9 Å². The van der Waals surface area contributed by atoms with E-state index in [0.29, 0.717) is 12.8 Å². The molecule has 0 aromatic rings. The van der Waals surface area contributed by atoms with Gasteiger partial charge in [0.1, 0.15) is 73.2 Å². The first kappa shape index (κ1) is 93.0. The molecule has 3 rings (SSSR count). The van der Waals surface area contributed by atoms with Gasteiger partial charge in [-0.05, 0) is 70.6 Å². The van der Waals surface area contributed by atoms with E-state index in [4.69, 9.17) is 28.4 Å². The normalized spacial score (nSPS) is 26.5. The highest BCUT2D eigenvalue weighted by Crippen LogP contribution is 2.33. The first-order valence-electron chi connectivity index (χ1n) is 41.4. The first-order valence-corrected chi connectivity index (χ1v) is 41.4. The number of carbonyl (C=O) groups is 1. The molecule has 0 bridgehead atoms. The Morgan fingerprint density at radius 2 is 0.634 bits per heavy atom. The molecule has 3 aliphatic rings. The van der Waals surface area contributed by atoms with Crippen molar-refractivity contribution in [3.05, 3.63) is 48.6 Å². The number of ether oxygens (including phenoxy) is 6. The molecule has 0 aliphatic carbocycles. The summed E-state index contributed by atoms with van der Waals surface area (Å²) in [5, 5.41) is 121. The molecule has 17 unspecified atom stereocenters. The van der Waals surface area contributed by atoms with Crippen LogP contribution in [0.5, 0.6) is 0 Å². The van der Waals surface area contributed by atoms with E-state index >= 15 is 0 Å². The summed E-state index contributed by atoms with van der Waals surface area (Å²) < 4.78 is 34.4. The molecule has 17 atom stereocenters. The van der Waals surface area contributed by atoms with Gasteiger partial charge in [0.2, 0.25) is 5.91 Å². The number of unbranched alkanes of at least 4 members (excludes halogenated alkanes) is 44.